The fourth-order valence-corrected chi connectivity index (χ4v) is 2.96. The average molecular weight is 299 g/mol. The van der Waals surface area contributed by atoms with Crippen LogP contribution in [0, 0.1) is 12.3 Å². The number of hydrogen-bond donors (Lipinski definition) is 2. The lowest BCUT2D eigenvalue weighted by Crippen LogP contribution is -2.46. The first-order valence-electron chi connectivity index (χ1n) is 7.60. The average Bonchev–Trinajstić information content (AvgIpc) is 2.58. The first-order valence-corrected chi connectivity index (χ1v) is 7.60. The van der Waals surface area contributed by atoms with Crippen LogP contribution in [0.3, 0.4) is 0 Å². The molecule has 2 aromatic rings. The Labute approximate surface area is 129 Å². The van der Waals surface area contributed by atoms with Crippen LogP contribution in [-0.4, -0.2) is 30.6 Å². The summed E-state index contributed by atoms with van der Waals surface area (Å²) in [6.45, 7) is 3.52. The zero-order valence-electron chi connectivity index (χ0n) is 12.8. The van der Waals surface area contributed by atoms with Gasteiger partial charge in [0.15, 0.2) is 0 Å². The van der Waals surface area contributed by atoms with Gasteiger partial charge >= 0.3 is 0 Å². The molecule has 22 heavy (non-hydrogen) atoms. The van der Waals surface area contributed by atoms with Crippen LogP contribution in [0.4, 0.5) is 5.69 Å². The number of nitrogens with two attached hydrogens (primary N) is 1. The molecule has 2 heterocycles. The summed E-state index contributed by atoms with van der Waals surface area (Å²) in [5.74, 6) is -0.0210. The minimum absolute atomic E-state index is 0.0210. The molecular weight excluding hydrogens is 278 g/mol. The van der Waals surface area contributed by atoms with Gasteiger partial charge in [-0.3, -0.25) is 9.78 Å². The zero-order valence-corrected chi connectivity index (χ0v) is 12.8. The highest BCUT2D eigenvalue weighted by Gasteiger charge is 2.38. The number of rotatable bonds is 3. The summed E-state index contributed by atoms with van der Waals surface area (Å²) in [5, 5.41) is 4.01. The van der Waals surface area contributed by atoms with Crippen LogP contribution in [0.2, 0.25) is 0 Å². The Hall–Kier alpha value is -1.98. The SMILES string of the molecule is Cc1ccc(NC(=O)C2(CN)CCOCC2)c2cccnc12. The monoisotopic (exact) mass is 299 g/mol. The van der Waals surface area contributed by atoms with Gasteiger partial charge in [-0.1, -0.05) is 6.07 Å². The van der Waals surface area contributed by atoms with Crippen molar-refractivity contribution in [2.45, 2.75) is 19.8 Å². The molecule has 1 aliphatic rings. The fourth-order valence-electron chi connectivity index (χ4n) is 2.96. The Morgan fingerprint density at radius 3 is 2.86 bits per heavy atom. The summed E-state index contributed by atoms with van der Waals surface area (Å²) < 4.78 is 5.37. The summed E-state index contributed by atoms with van der Waals surface area (Å²) in [7, 11) is 0. The molecule has 1 fully saturated rings. The van der Waals surface area contributed by atoms with Crippen molar-refractivity contribution in [3.63, 3.8) is 0 Å². The number of ether oxygens (including phenoxy) is 1. The Kier molecular flexibility index (Phi) is 4.09. The third-order valence-electron chi connectivity index (χ3n) is 4.54. The van der Waals surface area contributed by atoms with E-state index in [1.54, 1.807) is 6.20 Å². The number of carbonyl (C=O) groups excluding carboxylic acids is 1. The molecule has 116 valence electrons. The molecule has 0 saturated carbocycles. The first kappa shape index (κ1) is 14.9. The Bertz CT molecular complexity index is 693. The van der Waals surface area contributed by atoms with Gasteiger partial charge in [-0.05, 0) is 43.5 Å². The van der Waals surface area contributed by atoms with E-state index in [-0.39, 0.29) is 5.91 Å². The molecule has 0 unspecified atom stereocenters. The van der Waals surface area contributed by atoms with Gasteiger partial charge in [-0.25, -0.2) is 0 Å². The predicted octanol–water partition coefficient (Wildman–Crippen LogP) is 2.24. The molecule has 0 bridgehead atoms. The molecule has 0 spiro atoms. The Balaban J connectivity index is 1.93. The van der Waals surface area contributed by atoms with E-state index < -0.39 is 5.41 Å². The maximum Gasteiger partial charge on any atom is 0.232 e. The summed E-state index contributed by atoms with van der Waals surface area (Å²) in [6, 6.07) is 7.76. The van der Waals surface area contributed by atoms with Crippen LogP contribution < -0.4 is 11.1 Å². The van der Waals surface area contributed by atoms with Crippen molar-refractivity contribution in [2.24, 2.45) is 11.1 Å². The second-order valence-corrected chi connectivity index (χ2v) is 5.88. The lowest BCUT2D eigenvalue weighted by Gasteiger charge is -2.34. The Morgan fingerprint density at radius 2 is 2.14 bits per heavy atom. The van der Waals surface area contributed by atoms with Gasteiger partial charge in [0.2, 0.25) is 5.91 Å². The highest BCUT2D eigenvalue weighted by molar-refractivity contribution is 6.03. The number of carbonyl (C=O) groups is 1. The van der Waals surface area contributed by atoms with Crippen molar-refractivity contribution in [3.8, 4) is 0 Å². The smallest absolute Gasteiger partial charge is 0.232 e. The number of pyridine rings is 1. The summed E-state index contributed by atoms with van der Waals surface area (Å²) in [4.78, 5) is 17.2. The van der Waals surface area contributed by atoms with E-state index in [1.165, 1.54) is 0 Å². The maximum atomic E-state index is 12.8. The topological polar surface area (TPSA) is 77.2 Å². The van der Waals surface area contributed by atoms with Crippen molar-refractivity contribution in [3.05, 3.63) is 36.0 Å². The van der Waals surface area contributed by atoms with E-state index >= 15 is 0 Å². The van der Waals surface area contributed by atoms with Gasteiger partial charge < -0.3 is 15.8 Å². The van der Waals surface area contributed by atoms with E-state index in [9.17, 15) is 4.79 Å². The molecule has 3 N–H and O–H groups in total. The number of benzene rings is 1. The van der Waals surface area contributed by atoms with Gasteiger partial charge in [-0.15, -0.1) is 0 Å². The standard InChI is InChI=1S/C17H21N3O2/c1-12-4-5-14(13-3-2-8-19-15(12)13)20-16(21)17(11-18)6-9-22-10-7-17/h2-5,8H,6-7,9-11,18H2,1H3,(H,20,21). The molecule has 1 saturated heterocycles. The minimum Gasteiger partial charge on any atom is -0.381 e. The van der Waals surface area contributed by atoms with Crippen molar-refractivity contribution >= 4 is 22.5 Å². The number of anilines is 1. The number of nitrogens with one attached hydrogen (secondary N) is 1. The van der Waals surface area contributed by atoms with Crippen LogP contribution in [0.1, 0.15) is 18.4 Å². The van der Waals surface area contributed by atoms with Gasteiger partial charge in [-0.2, -0.15) is 0 Å². The van der Waals surface area contributed by atoms with E-state index in [0.717, 1.165) is 22.2 Å². The normalized spacial score (nSPS) is 17.4. The van der Waals surface area contributed by atoms with E-state index in [4.69, 9.17) is 10.5 Å². The summed E-state index contributed by atoms with van der Waals surface area (Å²) >= 11 is 0. The number of hydrogen-bond acceptors (Lipinski definition) is 4. The largest absolute Gasteiger partial charge is 0.381 e. The molecule has 0 radical (unpaired) electrons. The third-order valence-corrected chi connectivity index (χ3v) is 4.54. The molecule has 1 amide bonds. The van der Waals surface area contributed by atoms with Crippen LogP contribution >= 0.6 is 0 Å². The number of amides is 1. The molecular formula is C17H21N3O2. The second-order valence-electron chi connectivity index (χ2n) is 5.88. The number of aromatic nitrogens is 1. The molecule has 0 atom stereocenters. The predicted molar refractivity (Wildman–Crippen MR) is 86.7 cm³/mol. The Morgan fingerprint density at radius 1 is 1.36 bits per heavy atom. The minimum atomic E-state index is -0.530. The van der Waals surface area contributed by atoms with Gasteiger partial charge in [0.25, 0.3) is 0 Å². The zero-order chi connectivity index (χ0) is 15.6. The van der Waals surface area contributed by atoms with Crippen molar-refractivity contribution < 1.29 is 9.53 Å². The van der Waals surface area contributed by atoms with Gasteiger partial charge in [0.1, 0.15) is 0 Å². The molecule has 3 rings (SSSR count). The quantitative estimate of drug-likeness (QED) is 0.911. The van der Waals surface area contributed by atoms with Crippen LogP contribution in [-0.2, 0) is 9.53 Å². The molecule has 1 aromatic heterocycles. The highest BCUT2D eigenvalue weighted by atomic mass is 16.5. The van der Waals surface area contributed by atoms with Gasteiger partial charge in [0.05, 0.1) is 16.6 Å². The number of nitrogens with zero attached hydrogens (tertiary/aromatic N) is 1. The lowest BCUT2D eigenvalue weighted by molar-refractivity contribution is -0.130. The molecule has 5 nitrogen and oxygen atoms in total. The number of aryl methyl sites for hydroxylation is 1. The van der Waals surface area contributed by atoms with E-state index in [0.29, 0.717) is 32.6 Å². The second kappa shape index (κ2) is 6.02. The van der Waals surface area contributed by atoms with Crippen molar-refractivity contribution in [1.29, 1.82) is 0 Å². The molecule has 0 aliphatic carbocycles. The summed E-state index contributed by atoms with van der Waals surface area (Å²) in [5.41, 5.74) is 8.16. The van der Waals surface area contributed by atoms with Crippen LogP contribution in [0.5, 0.6) is 0 Å². The van der Waals surface area contributed by atoms with E-state index in [1.807, 2.05) is 31.2 Å². The molecule has 5 heteroatoms. The van der Waals surface area contributed by atoms with Crippen molar-refractivity contribution in [1.82, 2.24) is 4.98 Å². The molecule has 1 aliphatic heterocycles. The van der Waals surface area contributed by atoms with Gasteiger partial charge in [0, 0.05) is 31.3 Å². The maximum absolute atomic E-state index is 12.8. The van der Waals surface area contributed by atoms with Crippen molar-refractivity contribution in [2.75, 3.05) is 25.1 Å². The van der Waals surface area contributed by atoms with Crippen LogP contribution in [0.25, 0.3) is 10.9 Å². The summed E-state index contributed by atoms with van der Waals surface area (Å²) in [6.07, 6.45) is 3.09. The lowest BCUT2D eigenvalue weighted by atomic mass is 9.79. The van der Waals surface area contributed by atoms with Crippen LogP contribution in [0.15, 0.2) is 30.5 Å². The first-order chi connectivity index (χ1) is 10.7. The third kappa shape index (κ3) is 2.58. The highest BCUT2D eigenvalue weighted by Crippen LogP contribution is 2.32. The van der Waals surface area contributed by atoms with E-state index in [2.05, 4.69) is 10.3 Å². The molecule has 1 aromatic carbocycles. The number of fused-ring (bicyclic) bond motifs is 1. The fraction of sp³-hybridized carbons (Fsp3) is 0.412.